The molecular formula is C10H11NS2. The van der Waals surface area contributed by atoms with E-state index in [1.807, 2.05) is 0 Å². The topological polar surface area (TPSA) is 26.0 Å². The molecule has 0 aliphatic heterocycles. The fourth-order valence-electron chi connectivity index (χ4n) is 1.27. The maximum Gasteiger partial charge on any atom is 0.0761 e. The fourth-order valence-corrected chi connectivity index (χ4v) is 2.72. The van der Waals surface area contributed by atoms with Gasteiger partial charge in [-0.25, -0.2) is 0 Å². The fraction of sp³-hybridized carbons (Fsp3) is 0.200. The molecule has 0 bridgehead atoms. The SMILES string of the molecule is CC1C=Cc2cc(SN)sc2C=C1. The zero-order valence-corrected chi connectivity index (χ0v) is 8.99. The van der Waals surface area contributed by atoms with Gasteiger partial charge in [0.1, 0.15) is 0 Å². The summed E-state index contributed by atoms with van der Waals surface area (Å²) in [6, 6.07) is 2.14. The number of hydrogen-bond donors (Lipinski definition) is 1. The van der Waals surface area contributed by atoms with Crippen molar-refractivity contribution in [3.63, 3.8) is 0 Å². The van der Waals surface area contributed by atoms with E-state index in [0.29, 0.717) is 5.92 Å². The van der Waals surface area contributed by atoms with Gasteiger partial charge >= 0.3 is 0 Å². The van der Waals surface area contributed by atoms with E-state index in [1.165, 1.54) is 26.6 Å². The zero-order chi connectivity index (χ0) is 9.26. The maximum absolute atomic E-state index is 5.51. The maximum atomic E-state index is 5.51. The van der Waals surface area contributed by atoms with E-state index in [2.05, 4.69) is 37.3 Å². The quantitative estimate of drug-likeness (QED) is 0.717. The predicted octanol–water partition coefficient (Wildman–Crippen LogP) is 3.39. The van der Waals surface area contributed by atoms with Crippen LogP contribution in [-0.4, -0.2) is 0 Å². The van der Waals surface area contributed by atoms with Crippen LogP contribution in [-0.2, 0) is 0 Å². The molecule has 0 fully saturated rings. The molecule has 13 heavy (non-hydrogen) atoms. The molecule has 1 atom stereocenters. The normalized spacial score (nSPS) is 20.0. The number of allylic oxidation sites excluding steroid dienone is 2. The summed E-state index contributed by atoms with van der Waals surface area (Å²) < 4.78 is 1.17. The van der Waals surface area contributed by atoms with Crippen LogP contribution in [0, 0.1) is 5.92 Å². The van der Waals surface area contributed by atoms with Crippen LogP contribution in [0.1, 0.15) is 17.4 Å². The van der Waals surface area contributed by atoms with Crippen LogP contribution in [0.2, 0.25) is 0 Å². The average Bonchev–Trinajstić information content (AvgIpc) is 2.47. The summed E-state index contributed by atoms with van der Waals surface area (Å²) in [6.45, 7) is 2.18. The van der Waals surface area contributed by atoms with Crippen LogP contribution >= 0.6 is 23.3 Å². The van der Waals surface area contributed by atoms with E-state index in [-0.39, 0.29) is 0 Å². The van der Waals surface area contributed by atoms with Gasteiger partial charge in [-0.15, -0.1) is 11.3 Å². The minimum Gasteiger partial charge on any atom is -0.273 e. The highest BCUT2D eigenvalue weighted by atomic mass is 32.2. The third-order valence-electron chi connectivity index (χ3n) is 2.02. The van der Waals surface area contributed by atoms with Gasteiger partial charge in [-0.05, 0) is 35.6 Å². The lowest BCUT2D eigenvalue weighted by Gasteiger charge is -1.91. The Balaban J connectivity index is 2.42. The van der Waals surface area contributed by atoms with Crippen molar-refractivity contribution in [3.05, 3.63) is 28.7 Å². The van der Waals surface area contributed by atoms with Gasteiger partial charge in [0.25, 0.3) is 0 Å². The van der Waals surface area contributed by atoms with Crippen LogP contribution < -0.4 is 5.14 Å². The van der Waals surface area contributed by atoms with Crippen LogP contribution in [0.5, 0.6) is 0 Å². The number of rotatable bonds is 1. The number of thiophene rings is 1. The highest BCUT2D eigenvalue weighted by Gasteiger charge is 2.06. The molecule has 3 heteroatoms. The molecule has 0 aromatic carbocycles. The molecule has 1 aromatic rings. The Hall–Kier alpha value is -0.510. The lowest BCUT2D eigenvalue weighted by Crippen LogP contribution is -1.77. The first-order valence-electron chi connectivity index (χ1n) is 4.16. The lowest BCUT2D eigenvalue weighted by molar-refractivity contribution is 0.954. The summed E-state index contributed by atoms with van der Waals surface area (Å²) in [5.74, 6) is 0.536. The first-order valence-corrected chi connectivity index (χ1v) is 5.86. The van der Waals surface area contributed by atoms with Gasteiger partial charge in [0, 0.05) is 4.88 Å². The summed E-state index contributed by atoms with van der Waals surface area (Å²) >= 11 is 3.07. The Morgan fingerprint density at radius 3 is 2.92 bits per heavy atom. The molecule has 68 valence electrons. The molecule has 1 unspecified atom stereocenters. The monoisotopic (exact) mass is 209 g/mol. The van der Waals surface area contributed by atoms with Crippen molar-refractivity contribution >= 4 is 35.4 Å². The molecule has 0 radical (unpaired) electrons. The second-order valence-electron chi connectivity index (χ2n) is 3.08. The molecule has 2 N–H and O–H groups in total. The second kappa shape index (κ2) is 3.70. The van der Waals surface area contributed by atoms with Crippen molar-refractivity contribution in [3.8, 4) is 0 Å². The minimum absolute atomic E-state index is 0.536. The molecule has 1 aromatic heterocycles. The largest absolute Gasteiger partial charge is 0.273 e. The van der Waals surface area contributed by atoms with Gasteiger partial charge in [-0.1, -0.05) is 25.2 Å². The van der Waals surface area contributed by atoms with Crippen molar-refractivity contribution in [2.45, 2.75) is 11.1 Å². The van der Waals surface area contributed by atoms with Crippen molar-refractivity contribution in [1.82, 2.24) is 0 Å². The molecule has 1 heterocycles. The smallest absolute Gasteiger partial charge is 0.0761 e. The first-order chi connectivity index (χ1) is 6.29. The van der Waals surface area contributed by atoms with E-state index in [9.17, 15) is 0 Å². The predicted molar refractivity (Wildman–Crippen MR) is 61.6 cm³/mol. The van der Waals surface area contributed by atoms with Crippen molar-refractivity contribution in [2.24, 2.45) is 11.1 Å². The minimum atomic E-state index is 0.536. The molecule has 0 saturated carbocycles. The Bertz CT molecular complexity index is 332. The Kier molecular flexibility index (Phi) is 2.58. The molecule has 1 nitrogen and oxygen atoms in total. The number of fused-ring (bicyclic) bond motifs is 1. The van der Waals surface area contributed by atoms with Gasteiger partial charge in [-0.3, -0.25) is 5.14 Å². The molecule has 2 rings (SSSR count). The zero-order valence-electron chi connectivity index (χ0n) is 7.36. The second-order valence-corrected chi connectivity index (χ2v) is 5.10. The Labute approximate surface area is 86.5 Å². The highest BCUT2D eigenvalue weighted by Crippen LogP contribution is 2.32. The van der Waals surface area contributed by atoms with Gasteiger partial charge < -0.3 is 0 Å². The van der Waals surface area contributed by atoms with E-state index in [4.69, 9.17) is 5.14 Å². The standard InChI is InChI=1S/C10H11NS2/c1-7-2-4-8-6-10(13-11)12-9(8)5-3-7/h2-7H,11H2,1H3. The van der Waals surface area contributed by atoms with E-state index in [0.717, 1.165) is 0 Å². The molecule has 0 amide bonds. The van der Waals surface area contributed by atoms with E-state index >= 15 is 0 Å². The van der Waals surface area contributed by atoms with Crippen LogP contribution in [0.4, 0.5) is 0 Å². The van der Waals surface area contributed by atoms with Crippen LogP contribution in [0.15, 0.2) is 22.4 Å². The molecule has 0 spiro atoms. The summed E-state index contributed by atoms with van der Waals surface area (Å²) in [6.07, 6.45) is 8.78. The van der Waals surface area contributed by atoms with Gasteiger partial charge in [0.05, 0.1) is 4.21 Å². The van der Waals surface area contributed by atoms with Crippen molar-refractivity contribution < 1.29 is 0 Å². The Morgan fingerprint density at radius 2 is 2.15 bits per heavy atom. The average molecular weight is 209 g/mol. The third-order valence-corrected chi connectivity index (χ3v) is 3.81. The van der Waals surface area contributed by atoms with Crippen LogP contribution in [0.25, 0.3) is 12.2 Å². The lowest BCUT2D eigenvalue weighted by atomic mass is 10.1. The molecule has 0 saturated heterocycles. The summed E-state index contributed by atoms with van der Waals surface area (Å²) in [5, 5.41) is 5.51. The summed E-state index contributed by atoms with van der Waals surface area (Å²) in [4.78, 5) is 1.31. The molecule has 1 aliphatic rings. The highest BCUT2D eigenvalue weighted by molar-refractivity contribution is 7.99. The van der Waals surface area contributed by atoms with Gasteiger partial charge in [-0.2, -0.15) is 0 Å². The van der Waals surface area contributed by atoms with Crippen LogP contribution in [0.3, 0.4) is 0 Å². The van der Waals surface area contributed by atoms with Crippen molar-refractivity contribution in [1.29, 1.82) is 0 Å². The third kappa shape index (κ3) is 1.88. The van der Waals surface area contributed by atoms with Gasteiger partial charge in [0.15, 0.2) is 0 Å². The summed E-state index contributed by atoms with van der Waals surface area (Å²) in [5.41, 5.74) is 1.29. The molecular weight excluding hydrogens is 198 g/mol. The summed E-state index contributed by atoms with van der Waals surface area (Å²) in [7, 11) is 0. The molecule has 1 aliphatic carbocycles. The first kappa shape index (κ1) is 9.06. The van der Waals surface area contributed by atoms with Crippen molar-refractivity contribution in [2.75, 3.05) is 0 Å². The number of nitrogens with two attached hydrogens (primary N) is 1. The van der Waals surface area contributed by atoms with E-state index in [1.54, 1.807) is 11.3 Å². The Morgan fingerprint density at radius 1 is 1.38 bits per heavy atom. The van der Waals surface area contributed by atoms with Gasteiger partial charge in [0.2, 0.25) is 0 Å². The van der Waals surface area contributed by atoms with E-state index < -0.39 is 0 Å². The number of hydrogen-bond acceptors (Lipinski definition) is 3.